The van der Waals surface area contributed by atoms with Crippen LogP contribution in [0.4, 0.5) is 4.79 Å². The van der Waals surface area contributed by atoms with Crippen molar-refractivity contribution >= 4 is 26.8 Å². The molecular weight excluding hydrogens is 234 g/mol. The summed E-state index contributed by atoms with van der Waals surface area (Å²) in [4.78, 5) is 11.3. The van der Waals surface area contributed by atoms with Gasteiger partial charge in [0.1, 0.15) is 0 Å². The SMILES string of the molecule is CCCCSC(=O)N[C@@H]1C=CS(=O)(=O)C1. The van der Waals surface area contributed by atoms with Crippen LogP contribution >= 0.6 is 11.8 Å². The number of carbonyl (C=O) groups excluding carboxylic acids is 1. The molecule has 0 aromatic rings. The molecule has 1 amide bonds. The molecule has 6 heteroatoms. The first-order valence-electron chi connectivity index (χ1n) is 4.88. The molecule has 86 valence electrons. The number of hydrogen-bond acceptors (Lipinski definition) is 4. The smallest absolute Gasteiger partial charge is 0.279 e. The van der Waals surface area contributed by atoms with E-state index in [4.69, 9.17) is 0 Å². The Morgan fingerprint density at radius 1 is 1.60 bits per heavy atom. The van der Waals surface area contributed by atoms with E-state index in [1.165, 1.54) is 17.8 Å². The summed E-state index contributed by atoms with van der Waals surface area (Å²) in [6, 6.07) is -0.350. The summed E-state index contributed by atoms with van der Waals surface area (Å²) in [5.41, 5.74) is 0. The Morgan fingerprint density at radius 2 is 2.33 bits per heavy atom. The molecule has 4 nitrogen and oxygen atoms in total. The van der Waals surface area contributed by atoms with Gasteiger partial charge in [0.15, 0.2) is 9.84 Å². The number of thioether (sulfide) groups is 1. The predicted octanol–water partition coefficient (Wildman–Crippen LogP) is 1.54. The van der Waals surface area contributed by atoms with Gasteiger partial charge in [0, 0.05) is 11.2 Å². The quantitative estimate of drug-likeness (QED) is 0.768. The van der Waals surface area contributed by atoms with E-state index in [1.807, 2.05) is 0 Å². The number of sulfone groups is 1. The Morgan fingerprint density at radius 3 is 2.87 bits per heavy atom. The van der Waals surface area contributed by atoms with Crippen LogP contribution in [0.5, 0.6) is 0 Å². The van der Waals surface area contributed by atoms with Crippen molar-refractivity contribution in [2.24, 2.45) is 0 Å². The first kappa shape index (κ1) is 12.6. The topological polar surface area (TPSA) is 63.2 Å². The average Bonchev–Trinajstić information content (AvgIpc) is 2.46. The lowest BCUT2D eigenvalue weighted by molar-refractivity contribution is 0.259. The van der Waals surface area contributed by atoms with E-state index in [1.54, 1.807) is 0 Å². The monoisotopic (exact) mass is 249 g/mol. The number of nitrogens with one attached hydrogen (secondary N) is 1. The number of hydrogen-bond donors (Lipinski definition) is 1. The molecule has 15 heavy (non-hydrogen) atoms. The summed E-state index contributed by atoms with van der Waals surface area (Å²) >= 11 is 1.21. The molecule has 1 rings (SSSR count). The average molecular weight is 249 g/mol. The van der Waals surface area contributed by atoms with Crippen molar-refractivity contribution < 1.29 is 13.2 Å². The van der Waals surface area contributed by atoms with Crippen molar-refractivity contribution in [2.45, 2.75) is 25.8 Å². The van der Waals surface area contributed by atoms with Crippen LogP contribution < -0.4 is 5.32 Å². The van der Waals surface area contributed by atoms with Crippen molar-refractivity contribution in [3.8, 4) is 0 Å². The van der Waals surface area contributed by atoms with Crippen molar-refractivity contribution in [3.05, 3.63) is 11.5 Å². The summed E-state index contributed by atoms with van der Waals surface area (Å²) < 4.78 is 22.1. The van der Waals surface area contributed by atoms with Crippen LogP contribution in [0.2, 0.25) is 0 Å². The highest BCUT2D eigenvalue weighted by molar-refractivity contribution is 8.13. The molecule has 1 heterocycles. The molecule has 0 fully saturated rings. The van der Waals surface area contributed by atoms with Gasteiger partial charge in [-0.15, -0.1) is 0 Å². The zero-order chi connectivity index (χ0) is 11.3. The first-order chi connectivity index (χ1) is 7.03. The van der Waals surface area contributed by atoms with Gasteiger partial charge >= 0.3 is 0 Å². The van der Waals surface area contributed by atoms with Gasteiger partial charge in [-0.25, -0.2) is 8.42 Å². The van der Waals surface area contributed by atoms with Gasteiger partial charge in [-0.1, -0.05) is 25.1 Å². The van der Waals surface area contributed by atoms with Gasteiger partial charge in [-0.05, 0) is 12.5 Å². The van der Waals surface area contributed by atoms with Crippen molar-refractivity contribution in [1.29, 1.82) is 0 Å². The van der Waals surface area contributed by atoms with E-state index in [9.17, 15) is 13.2 Å². The molecule has 0 unspecified atom stereocenters. The molecular formula is C9H15NO3S2. The second-order valence-electron chi connectivity index (χ2n) is 3.40. The third-order valence-corrected chi connectivity index (χ3v) is 4.23. The Balaban J connectivity index is 2.26. The van der Waals surface area contributed by atoms with E-state index < -0.39 is 9.84 Å². The third kappa shape index (κ3) is 4.70. The summed E-state index contributed by atoms with van der Waals surface area (Å²) in [5.74, 6) is 0.776. The number of carbonyl (C=O) groups is 1. The number of unbranched alkanes of at least 4 members (excludes halogenated alkanes) is 1. The molecule has 1 aliphatic rings. The summed E-state index contributed by atoms with van der Waals surface area (Å²) in [6.07, 6.45) is 3.57. The first-order valence-corrected chi connectivity index (χ1v) is 7.58. The third-order valence-electron chi connectivity index (χ3n) is 1.96. The Hall–Kier alpha value is -0.490. The number of rotatable bonds is 4. The van der Waals surface area contributed by atoms with Crippen LogP contribution in [-0.4, -0.2) is 31.2 Å². The maximum absolute atomic E-state index is 11.3. The molecule has 0 aromatic heterocycles. The van der Waals surface area contributed by atoms with Crippen LogP contribution in [0, 0.1) is 0 Å². The molecule has 0 aromatic carbocycles. The number of amides is 1. The lowest BCUT2D eigenvalue weighted by atomic mass is 10.3. The normalized spacial score (nSPS) is 22.9. The van der Waals surface area contributed by atoms with E-state index in [0.29, 0.717) is 0 Å². The standard InChI is InChI=1S/C9H15NO3S2/c1-2-3-5-14-9(11)10-8-4-6-15(12,13)7-8/h4,6,8H,2-3,5,7H2,1H3,(H,10,11)/t8-/m1/s1. The van der Waals surface area contributed by atoms with Crippen molar-refractivity contribution in [3.63, 3.8) is 0 Å². The van der Waals surface area contributed by atoms with Crippen LogP contribution in [-0.2, 0) is 9.84 Å². The van der Waals surface area contributed by atoms with Gasteiger partial charge in [-0.3, -0.25) is 4.79 Å². The molecule has 1 aliphatic heterocycles. The molecule has 0 saturated heterocycles. The van der Waals surface area contributed by atoms with Gasteiger partial charge in [0.05, 0.1) is 11.8 Å². The summed E-state index contributed by atoms with van der Waals surface area (Å²) in [5, 5.41) is 3.67. The molecule has 0 spiro atoms. The molecule has 1 N–H and O–H groups in total. The van der Waals surface area contributed by atoms with Gasteiger partial charge in [0.2, 0.25) is 0 Å². The second kappa shape index (κ2) is 5.55. The van der Waals surface area contributed by atoms with E-state index in [2.05, 4.69) is 12.2 Å². The minimum absolute atomic E-state index is 0.00687. The lowest BCUT2D eigenvalue weighted by Gasteiger charge is -2.08. The van der Waals surface area contributed by atoms with E-state index in [0.717, 1.165) is 24.0 Å². The Bertz CT molecular complexity index is 348. The fraction of sp³-hybridized carbons (Fsp3) is 0.667. The van der Waals surface area contributed by atoms with Crippen LogP contribution in [0.25, 0.3) is 0 Å². The highest BCUT2D eigenvalue weighted by Gasteiger charge is 2.22. The fourth-order valence-electron chi connectivity index (χ4n) is 1.17. The molecule has 0 aliphatic carbocycles. The zero-order valence-electron chi connectivity index (χ0n) is 8.60. The highest BCUT2D eigenvalue weighted by atomic mass is 32.2. The summed E-state index contributed by atoms with van der Waals surface area (Å²) in [6.45, 7) is 2.06. The van der Waals surface area contributed by atoms with Gasteiger partial charge in [0.25, 0.3) is 5.24 Å². The van der Waals surface area contributed by atoms with E-state index >= 15 is 0 Å². The second-order valence-corrected chi connectivity index (χ2v) is 6.40. The van der Waals surface area contributed by atoms with Crippen molar-refractivity contribution in [1.82, 2.24) is 5.32 Å². The van der Waals surface area contributed by atoms with Crippen LogP contribution in [0.15, 0.2) is 11.5 Å². The minimum Gasteiger partial charge on any atom is -0.340 e. The molecule has 0 saturated carbocycles. The Labute approximate surface area is 94.4 Å². The van der Waals surface area contributed by atoms with Gasteiger partial charge in [-0.2, -0.15) is 0 Å². The van der Waals surface area contributed by atoms with Crippen molar-refractivity contribution in [2.75, 3.05) is 11.5 Å². The molecule has 0 radical (unpaired) electrons. The highest BCUT2D eigenvalue weighted by Crippen LogP contribution is 2.11. The molecule has 1 atom stereocenters. The lowest BCUT2D eigenvalue weighted by Crippen LogP contribution is -2.33. The predicted molar refractivity (Wildman–Crippen MR) is 62.6 cm³/mol. The minimum atomic E-state index is -3.07. The maximum Gasteiger partial charge on any atom is 0.279 e. The zero-order valence-corrected chi connectivity index (χ0v) is 10.2. The largest absolute Gasteiger partial charge is 0.340 e. The Kier molecular flexibility index (Phi) is 4.66. The molecule has 0 bridgehead atoms. The van der Waals surface area contributed by atoms with Crippen LogP contribution in [0.3, 0.4) is 0 Å². The van der Waals surface area contributed by atoms with E-state index in [-0.39, 0.29) is 17.0 Å². The van der Waals surface area contributed by atoms with Gasteiger partial charge < -0.3 is 5.32 Å². The summed E-state index contributed by atoms with van der Waals surface area (Å²) in [7, 11) is -3.07. The fourth-order valence-corrected chi connectivity index (χ4v) is 3.26. The maximum atomic E-state index is 11.3. The van der Waals surface area contributed by atoms with Crippen LogP contribution in [0.1, 0.15) is 19.8 Å².